The van der Waals surface area contributed by atoms with Gasteiger partial charge in [0.2, 0.25) is 0 Å². The van der Waals surface area contributed by atoms with Crippen molar-refractivity contribution in [1.29, 1.82) is 0 Å². The molecule has 0 N–H and O–H groups in total. The van der Waals surface area contributed by atoms with Crippen molar-refractivity contribution in [2.75, 3.05) is 26.3 Å². The van der Waals surface area contributed by atoms with Crippen LogP contribution in [0.15, 0.2) is 0 Å². The average molecular weight is 263 g/mol. The number of hydrogen-bond acceptors (Lipinski definition) is 4. The maximum atomic E-state index is 11.4. The van der Waals surface area contributed by atoms with Crippen molar-refractivity contribution < 1.29 is 13.6 Å². The molecular formula is C12H26NO3P. The number of rotatable bonds is 7. The van der Waals surface area contributed by atoms with Crippen LogP contribution in [-0.2, 0) is 13.6 Å². The minimum Gasteiger partial charge on any atom is -0.311 e. The van der Waals surface area contributed by atoms with E-state index in [-0.39, 0.29) is 0 Å². The highest BCUT2D eigenvalue weighted by atomic mass is 31.1. The highest BCUT2D eigenvalue weighted by Gasteiger charge is 2.22. The van der Waals surface area contributed by atoms with E-state index in [9.17, 15) is 4.57 Å². The molecule has 102 valence electrons. The lowest BCUT2D eigenvalue weighted by molar-refractivity contribution is 0.101. The van der Waals surface area contributed by atoms with Gasteiger partial charge in [-0.1, -0.05) is 6.92 Å². The molecule has 0 amide bonds. The summed E-state index contributed by atoms with van der Waals surface area (Å²) in [6.45, 7) is 9.77. The Morgan fingerprint density at radius 1 is 1.41 bits per heavy atom. The van der Waals surface area contributed by atoms with Crippen LogP contribution in [0.1, 0.15) is 40.0 Å². The Bertz CT molecular complexity index is 236. The van der Waals surface area contributed by atoms with E-state index in [1.54, 1.807) is 0 Å². The van der Waals surface area contributed by atoms with Crippen LogP contribution in [0.2, 0.25) is 0 Å². The first-order valence-electron chi connectivity index (χ1n) is 6.67. The third kappa shape index (κ3) is 6.01. The van der Waals surface area contributed by atoms with E-state index in [0.29, 0.717) is 25.2 Å². The van der Waals surface area contributed by atoms with Crippen molar-refractivity contribution >= 4 is 8.25 Å². The Hall–Kier alpha value is 0.110. The molecule has 4 nitrogen and oxygen atoms in total. The zero-order chi connectivity index (χ0) is 12.7. The van der Waals surface area contributed by atoms with E-state index >= 15 is 0 Å². The molecule has 1 aliphatic rings. The van der Waals surface area contributed by atoms with Crippen LogP contribution in [-0.4, -0.2) is 37.2 Å². The van der Waals surface area contributed by atoms with Crippen molar-refractivity contribution in [3.63, 3.8) is 0 Å². The molecule has 1 aliphatic heterocycles. The van der Waals surface area contributed by atoms with Gasteiger partial charge in [0.15, 0.2) is 0 Å². The summed E-state index contributed by atoms with van der Waals surface area (Å²) in [5.74, 6) is 0.505. The Kier molecular flexibility index (Phi) is 7.36. The second kappa shape index (κ2) is 8.25. The fraction of sp³-hybridized carbons (Fsp3) is 1.00. The summed E-state index contributed by atoms with van der Waals surface area (Å²) in [6, 6.07) is 0.589. The molecule has 0 aromatic rings. The molecule has 2 atom stereocenters. The smallest absolute Gasteiger partial charge is 0.311 e. The van der Waals surface area contributed by atoms with Gasteiger partial charge >= 0.3 is 8.25 Å². The average Bonchev–Trinajstić information content (AvgIpc) is 2.34. The van der Waals surface area contributed by atoms with Gasteiger partial charge in [0, 0.05) is 12.6 Å². The standard InChI is InChI=1S/C12H26NO3P/c1-4-8-15-17(14)16-10-12-6-5-7-13(9-12)11(2)3/h11-12,17H,4-10H2,1-3H3. The summed E-state index contributed by atoms with van der Waals surface area (Å²) in [5.41, 5.74) is 0. The number of nitrogens with zero attached hydrogens (tertiary/aromatic N) is 1. The minimum atomic E-state index is -2.26. The van der Waals surface area contributed by atoms with Gasteiger partial charge in [0.25, 0.3) is 0 Å². The van der Waals surface area contributed by atoms with Crippen LogP contribution < -0.4 is 0 Å². The first kappa shape index (κ1) is 15.2. The molecule has 1 fully saturated rings. The van der Waals surface area contributed by atoms with Gasteiger partial charge in [0.1, 0.15) is 0 Å². The van der Waals surface area contributed by atoms with Crippen molar-refractivity contribution in [2.45, 2.75) is 46.1 Å². The van der Waals surface area contributed by atoms with Crippen molar-refractivity contribution in [3.8, 4) is 0 Å². The maximum absolute atomic E-state index is 11.4. The molecule has 0 aliphatic carbocycles. The van der Waals surface area contributed by atoms with Crippen LogP contribution >= 0.6 is 8.25 Å². The summed E-state index contributed by atoms with van der Waals surface area (Å²) >= 11 is 0. The topological polar surface area (TPSA) is 38.8 Å². The quantitative estimate of drug-likeness (QED) is 0.662. The molecule has 0 aromatic carbocycles. The van der Waals surface area contributed by atoms with Gasteiger partial charge in [0.05, 0.1) is 13.2 Å². The molecule has 17 heavy (non-hydrogen) atoms. The van der Waals surface area contributed by atoms with E-state index in [0.717, 1.165) is 13.0 Å². The Morgan fingerprint density at radius 3 is 2.82 bits per heavy atom. The van der Waals surface area contributed by atoms with Crippen LogP contribution in [0, 0.1) is 5.92 Å². The Balaban J connectivity index is 2.20. The highest BCUT2D eigenvalue weighted by molar-refractivity contribution is 7.33. The molecule has 1 saturated heterocycles. The summed E-state index contributed by atoms with van der Waals surface area (Å²) in [5, 5.41) is 0. The summed E-state index contributed by atoms with van der Waals surface area (Å²) < 4.78 is 21.8. The van der Waals surface area contributed by atoms with E-state index in [1.165, 1.54) is 19.4 Å². The second-order valence-corrected chi connectivity index (χ2v) is 6.08. The fourth-order valence-electron chi connectivity index (χ4n) is 2.12. The predicted molar refractivity (Wildman–Crippen MR) is 70.6 cm³/mol. The maximum Gasteiger partial charge on any atom is 0.319 e. The molecule has 0 radical (unpaired) electrons. The van der Waals surface area contributed by atoms with Gasteiger partial charge in [-0.3, -0.25) is 4.57 Å². The third-order valence-electron chi connectivity index (χ3n) is 3.14. The SMILES string of the molecule is CCCO[PH](=O)OCC1CCCN(C(C)C)C1. The molecule has 2 unspecified atom stereocenters. The van der Waals surface area contributed by atoms with Crippen LogP contribution in [0.5, 0.6) is 0 Å². The second-order valence-electron chi connectivity index (χ2n) is 5.01. The zero-order valence-electron chi connectivity index (χ0n) is 11.3. The van der Waals surface area contributed by atoms with Gasteiger partial charge in [-0.05, 0) is 45.6 Å². The number of piperidine rings is 1. The van der Waals surface area contributed by atoms with Crippen LogP contribution in [0.25, 0.3) is 0 Å². The molecule has 0 bridgehead atoms. The first-order valence-corrected chi connectivity index (χ1v) is 7.89. The molecule has 0 saturated carbocycles. The third-order valence-corrected chi connectivity index (χ3v) is 3.98. The summed E-state index contributed by atoms with van der Waals surface area (Å²) in [6.07, 6.45) is 3.26. The predicted octanol–water partition coefficient (Wildman–Crippen LogP) is 2.94. The van der Waals surface area contributed by atoms with Crippen molar-refractivity contribution in [2.24, 2.45) is 5.92 Å². The monoisotopic (exact) mass is 263 g/mol. The van der Waals surface area contributed by atoms with Gasteiger partial charge in [-0.25, -0.2) is 0 Å². The normalized spacial score (nSPS) is 24.1. The van der Waals surface area contributed by atoms with Gasteiger partial charge in [-0.15, -0.1) is 0 Å². The van der Waals surface area contributed by atoms with Crippen LogP contribution in [0.3, 0.4) is 0 Å². The summed E-state index contributed by atoms with van der Waals surface area (Å²) in [7, 11) is -2.26. The Labute approximate surface area is 106 Å². The lowest BCUT2D eigenvalue weighted by atomic mass is 9.98. The molecule has 0 aromatic heterocycles. The van der Waals surface area contributed by atoms with E-state index in [1.807, 2.05) is 6.92 Å². The Morgan fingerprint density at radius 2 is 2.18 bits per heavy atom. The van der Waals surface area contributed by atoms with Gasteiger partial charge in [-0.2, -0.15) is 0 Å². The lowest BCUT2D eigenvalue weighted by Crippen LogP contribution is -2.41. The van der Waals surface area contributed by atoms with E-state index in [2.05, 4.69) is 18.7 Å². The largest absolute Gasteiger partial charge is 0.319 e. The molecule has 1 heterocycles. The van der Waals surface area contributed by atoms with E-state index in [4.69, 9.17) is 9.05 Å². The van der Waals surface area contributed by atoms with Crippen molar-refractivity contribution in [3.05, 3.63) is 0 Å². The zero-order valence-corrected chi connectivity index (χ0v) is 12.3. The number of likely N-dealkylation sites (tertiary alicyclic amines) is 1. The number of hydrogen-bond donors (Lipinski definition) is 0. The first-order chi connectivity index (χ1) is 8.13. The molecule has 5 heteroatoms. The van der Waals surface area contributed by atoms with Crippen molar-refractivity contribution in [1.82, 2.24) is 4.90 Å². The fourth-order valence-corrected chi connectivity index (χ4v) is 2.94. The minimum absolute atomic E-state index is 0.505. The van der Waals surface area contributed by atoms with Gasteiger partial charge < -0.3 is 13.9 Å². The van der Waals surface area contributed by atoms with Crippen LogP contribution in [0.4, 0.5) is 0 Å². The van der Waals surface area contributed by atoms with E-state index < -0.39 is 8.25 Å². The highest BCUT2D eigenvalue weighted by Crippen LogP contribution is 2.27. The molecule has 1 rings (SSSR count). The summed E-state index contributed by atoms with van der Waals surface area (Å²) in [4.78, 5) is 2.46. The lowest BCUT2D eigenvalue weighted by Gasteiger charge is -2.35. The molecule has 0 spiro atoms. The molecular weight excluding hydrogens is 237 g/mol.